The second-order valence-corrected chi connectivity index (χ2v) is 6.79. The zero-order chi connectivity index (χ0) is 19.2. The quantitative estimate of drug-likeness (QED) is 0.796. The molecular weight excluding hydrogens is 350 g/mol. The summed E-state index contributed by atoms with van der Waals surface area (Å²) < 4.78 is 32.1. The third-order valence-corrected chi connectivity index (χ3v) is 4.67. The second-order valence-electron chi connectivity index (χ2n) is 6.79. The first-order valence-electron chi connectivity index (χ1n) is 9.28. The van der Waals surface area contributed by atoms with Gasteiger partial charge in [0.1, 0.15) is 5.75 Å². The normalized spacial score (nSPS) is 16.4. The zero-order valence-electron chi connectivity index (χ0n) is 15.4. The number of benzene rings is 2. The van der Waals surface area contributed by atoms with E-state index in [-0.39, 0.29) is 11.8 Å². The standard InChI is InChI=1S/C21H24F2N2O2/c1-2-10-27-18-5-3-4-16(11-18)21(26)24-13-15-8-9-25(14-15)17-6-7-19(22)20(23)12-17/h3-7,11-12,15H,2,8-10,13-14H2,1H3,(H,24,26). The van der Waals surface area contributed by atoms with Crippen LogP contribution in [0.2, 0.25) is 0 Å². The lowest BCUT2D eigenvalue weighted by Gasteiger charge is -2.19. The number of ether oxygens (including phenoxy) is 1. The molecule has 2 aromatic rings. The number of rotatable bonds is 7. The van der Waals surface area contributed by atoms with E-state index in [9.17, 15) is 13.6 Å². The predicted molar refractivity (Wildman–Crippen MR) is 101 cm³/mol. The molecule has 1 atom stereocenters. The Morgan fingerprint density at radius 3 is 2.85 bits per heavy atom. The summed E-state index contributed by atoms with van der Waals surface area (Å²) in [4.78, 5) is 14.4. The van der Waals surface area contributed by atoms with Crippen molar-refractivity contribution in [2.45, 2.75) is 19.8 Å². The fraction of sp³-hybridized carbons (Fsp3) is 0.381. The lowest BCUT2D eigenvalue weighted by atomic mass is 10.1. The summed E-state index contributed by atoms with van der Waals surface area (Å²) >= 11 is 0. The Bertz CT molecular complexity index is 798. The van der Waals surface area contributed by atoms with Crippen molar-refractivity contribution in [1.82, 2.24) is 5.32 Å². The van der Waals surface area contributed by atoms with Crippen LogP contribution in [0.25, 0.3) is 0 Å². The van der Waals surface area contributed by atoms with Gasteiger partial charge in [0.15, 0.2) is 11.6 Å². The van der Waals surface area contributed by atoms with Crippen LogP contribution >= 0.6 is 0 Å². The Morgan fingerprint density at radius 2 is 2.07 bits per heavy atom. The Labute approximate surface area is 158 Å². The molecule has 6 heteroatoms. The predicted octanol–water partition coefficient (Wildman–Crippen LogP) is 4.01. The summed E-state index contributed by atoms with van der Waals surface area (Å²) in [6.45, 7) is 4.64. The van der Waals surface area contributed by atoms with Gasteiger partial charge in [0.25, 0.3) is 5.91 Å². The molecule has 1 aliphatic heterocycles. The highest BCUT2D eigenvalue weighted by molar-refractivity contribution is 5.94. The van der Waals surface area contributed by atoms with Crippen LogP contribution in [0, 0.1) is 17.6 Å². The Kier molecular flexibility index (Phi) is 6.27. The molecule has 0 aromatic heterocycles. The van der Waals surface area contributed by atoms with Gasteiger partial charge in [-0.2, -0.15) is 0 Å². The number of amides is 1. The molecule has 4 nitrogen and oxygen atoms in total. The van der Waals surface area contributed by atoms with Crippen LogP contribution in [0.3, 0.4) is 0 Å². The average Bonchev–Trinajstić information content (AvgIpc) is 3.16. The molecule has 1 fully saturated rings. The third kappa shape index (κ3) is 4.96. The Morgan fingerprint density at radius 1 is 1.22 bits per heavy atom. The van der Waals surface area contributed by atoms with Crippen LogP contribution in [0.15, 0.2) is 42.5 Å². The van der Waals surface area contributed by atoms with Crippen molar-refractivity contribution < 1.29 is 18.3 Å². The Hall–Kier alpha value is -2.63. The van der Waals surface area contributed by atoms with E-state index in [1.807, 2.05) is 17.9 Å². The van der Waals surface area contributed by atoms with E-state index >= 15 is 0 Å². The van der Waals surface area contributed by atoms with Gasteiger partial charge in [-0.15, -0.1) is 0 Å². The lowest BCUT2D eigenvalue weighted by molar-refractivity contribution is 0.0948. The van der Waals surface area contributed by atoms with E-state index in [4.69, 9.17) is 4.74 Å². The van der Waals surface area contributed by atoms with Crippen LogP contribution < -0.4 is 15.0 Å². The van der Waals surface area contributed by atoms with E-state index in [1.54, 1.807) is 24.3 Å². The molecule has 0 spiro atoms. The fourth-order valence-electron chi connectivity index (χ4n) is 3.20. The number of nitrogens with zero attached hydrogens (tertiary/aromatic N) is 1. The van der Waals surface area contributed by atoms with Crippen molar-refractivity contribution in [1.29, 1.82) is 0 Å². The summed E-state index contributed by atoms with van der Waals surface area (Å²) in [5.41, 5.74) is 1.24. The number of hydrogen-bond donors (Lipinski definition) is 1. The molecule has 144 valence electrons. The van der Waals surface area contributed by atoms with Gasteiger partial charge in [-0.1, -0.05) is 13.0 Å². The van der Waals surface area contributed by atoms with Crippen molar-refractivity contribution in [3.05, 3.63) is 59.7 Å². The number of nitrogens with one attached hydrogen (secondary N) is 1. The molecule has 1 heterocycles. The van der Waals surface area contributed by atoms with Gasteiger partial charge < -0.3 is 15.0 Å². The number of carbonyl (C=O) groups is 1. The number of hydrogen-bond acceptors (Lipinski definition) is 3. The summed E-state index contributed by atoms with van der Waals surface area (Å²) in [6, 6.07) is 11.1. The summed E-state index contributed by atoms with van der Waals surface area (Å²) in [5.74, 6) is -0.860. The van der Waals surface area contributed by atoms with E-state index in [1.165, 1.54) is 6.07 Å². The van der Waals surface area contributed by atoms with Crippen LogP contribution in [0.5, 0.6) is 5.75 Å². The molecule has 1 unspecified atom stereocenters. The highest BCUT2D eigenvalue weighted by Gasteiger charge is 2.24. The maximum atomic E-state index is 13.4. The minimum Gasteiger partial charge on any atom is -0.494 e. The van der Waals surface area contributed by atoms with Gasteiger partial charge in [0.05, 0.1) is 6.61 Å². The minimum atomic E-state index is -0.841. The molecule has 0 radical (unpaired) electrons. The lowest BCUT2D eigenvalue weighted by Crippen LogP contribution is -2.31. The highest BCUT2D eigenvalue weighted by Crippen LogP contribution is 2.25. The number of carbonyl (C=O) groups excluding carboxylic acids is 1. The first-order chi connectivity index (χ1) is 13.1. The molecule has 1 amide bonds. The molecule has 0 saturated carbocycles. The molecular formula is C21H24F2N2O2. The van der Waals surface area contributed by atoms with Gasteiger partial charge in [-0.05, 0) is 49.1 Å². The minimum absolute atomic E-state index is 0.136. The van der Waals surface area contributed by atoms with Crippen molar-refractivity contribution in [2.24, 2.45) is 5.92 Å². The molecule has 0 aliphatic carbocycles. The van der Waals surface area contributed by atoms with Crippen molar-refractivity contribution in [2.75, 3.05) is 31.1 Å². The molecule has 0 bridgehead atoms. The van der Waals surface area contributed by atoms with E-state index in [2.05, 4.69) is 5.32 Å². The van der Waals surface area contributed by atoms with Gasteiger partial charge in [0.2, 0.25) is 0 Å². The largest absolute Gasteiger partial charge is 0.494 e. The monoisotopic (exact) mass is 374 g/mol. The molecule has 27 heavy (non-hydrogen) atoms. The third-order valence-electron chi connectivity index (χ3n) is 4.67. The van der Waals surface area contributed by atoms with E-state index < -0.39 is 11.6 Å². The summed E-state index contributed by atoms with van der Waals surface area (Å²) in [6.07, 6.45) is 1.80. The van der Waals surface area contributed by atoms with Crippen LogP contribution in [0.4, 0.5) is 14.5 Å². The highest BCUT2D eigenvalue weighted by atomic mass is 19.2. The second kappa shape index (κ2) is 8.84. The van der Waals surface area contributed by atoms with Crippen molar-refractivity contribution in [3.63, 3.8) is 0 Å². The maximum absolute atomic E-state index is 13.4. The first kappa shape index (κ1) is 19.1. The molecule has 2 aromatic carbocycles. The van der Waals surface area contributed by atoms with Crippen molar-refractivity contribution >= 4 is 11.6 Å². The Balaban J connectivity index is 1.52. The van der Waals surface area contributed by atoms with E-state index in [0.717, 1.165) is 25.5 Å². The zero-order valence-corrected chi connectivity index (χ0v) is 15.4. The van der Waals surface area contributed by atoms with Gasteiger partial charge >= 0.3 is 0 Å². The average molecular weight is 374 g/mol. The smallest absolute Gasteiger partial charge is 0.251 e. The molecule has 1 aliphatic rings. The topological polar surface area (TPSA) is 41.6 Å². The first-order valence-corrected chi connectivity index (χ1v) is 9.28. The number of anilines is 1. The summed E-state index contributed by atoms with van der Waals surface area (Å²) in [5, 5.41) is 2.96. The molecule has 1 N–H and O–H groups in total. The van der Waals surface area contributed by atoms with Crippen LogP contribution in [-0.2, 0) is 0 Å². The van der Waals surface area contributed by atoms with Gasteiger partial charge in [-0.3, -0.25) is 4.79 Å². The van der Waals surface area contributed by atoms with Gasteiger partial charge in [-0.25, -0.2) is 8.78 Å². The van der Waals surface area contributed by atoms with Crippen LogP contribution in [0.1, 0.15) is 30.1 Å². The number of halogens is 2. The SMILES string of the molecule is CCCOc1cccc(C(=O)NCC2CCN(c3ccc(F)c(F)c3)C2)c1. The van der Waals surface area contributed by atoms with Gasteiger partial charge in [0, 0.05) is 37.0 Å². The molecule has 1 saturated heterocycles. The van der Waals surface area contributed by atoms with Crippen LogP contribution in [-0.4, -0.2) is 32.1 Å². The van der Waals surface area contributed by atoms with E-state index in [0.29, 0.717) is 36.7 Å². The molecule has 3 rings (SSSR count). The summed E-state index contributed by atoms with van der Waals surface area (Å²) in [7, 11) is 0. The maximum Gasteiger partial charge on any atom is 0.251 e. The van der Waals surface area contributed by atoms with Crippen molar-refractivity contribution in [3.8, 4) is 5.75 Å². The fourth-order valence-corrected chi connectivity index (χ4v) is 3.20.